The van der Waals surface area contributed by atoms with Crippen LogP contribution in [0.4, 0.5) is 0 Å². The van der Waals surface area contributed by atoms with E-state index in [-0.39, 0.29) is 37.0 Å². The summed E-state index contributed by atoms with van der Waals surface area (Å²) in [7, 11) is 0. The van der Waals surface area contributed by atoms with Gasteiger partial charge in [-0.1, -0.05) is 68.4 Å². The number of Topliss-reactive ketones (excluding diaryl/α,β-unsaturated/α-hetero) is 1. The van der Waals surface area contributed by atoms with Crippen molar-refractivity contribution in [2.75, 3.05) is 6.54 Å². The summed E-state index contributed by atoms with van der Waals surface area (Å²) in [5.41, 5.74) is 2.80. The highest BCUT2D eigenvalue weighted by atomic mass is 16.2. The lowest BCUT2D eigenvalue weighted by atomic mass is 9.99. The molecular weight excluding hydrogens is 352 g/mol. The Morgan fingerprint density at radius 3 is 2.11 bits per heavy atom. The summed E-state index contributed by atoms with van der Waals surface area (Å²) in [6, 6.07) is 17.1. The molecule has 28 heavy (non-hydrogen) atoms. The Kier molecular flexibility index (Phi) is 8.40. The van der Waals surface area contributed by atoms with Crippen molar-refractivity contribution < 1.29 is 14.4 Å². The van der Waals surface area contributed by atoms with Crippen LogP contribution in [-0.2, 0) is 22.6 Å². The molecule has 0 radical (unpaired) electrons. The van der Waals surface area contributed by atoms with Gasteiger partial charge in [0, 0.05) is 24.9 Å². The van der Waals surface area contributed by atoms with E-state index in [9.17, 15) is 14.4 Å². The van der Waals surface area contributed by atoms with Gasteiger partial charge in [0.1, 0.15) is 0 Å². The molecule has 0 saturated heterocycles. The molecule has 2 N–H and O–H groups in total. The van der Waals surface area contributed by atoms with Crippen LogP contribution < -0.4 is 10.6 Å². The number of hydrogen-bond acceptors (Lipinski definition) is 3. The standard InChI is InChI=1S/C23H28N2O3/c1-17(2)14-18-8-10-20(11-9-18)21(26)12-13-22(27)25-16-23(28)24-15-19-6-4-3-5-7-19/h3-11,17H,12-16H2,1-2H3,(H,24,28)(H,25,27). The van der Waals surface area contributed by atoms with E-state index in [4.69, 9.17) is 0 Å². The topological polar surface area (TPSA) is 75.3 Å². The Labute approximate surface area is 166 Å². The van der Waals surface area contributed by atoms with Gasteiger partial charge in [-0.15, -0.1) is 0 Å². The molecular formula is C23H28N2O3. The molecule has 2 rings (SSSR count). The molecule has 2 aromatic carbocycles. The number of carbonyl (C=O) groups excluding carboxylic acids is 3. The van der Waals surface area contributed by atoms with E-state index >= 15 is 0 Å². The minimum Gasteiger partial charge on any atom is -0.350 e. The Morgan fingerprint density at radius 2 is 1.46 bits per heavy atom. The van der Waals surface area contributed by atoms with E-state index in [0.29, 0.717) is 18.0 Å². The summed E-state index contributed by atoms with van der Waals surface area (Å²) in [5.74, 6) is -0.0705. The number of benzene rings is 2. The molecule has 2 aromatic rings. The number of rotatable bonds is 10. The Morgan fingerprint density at radius 1 is 0.786 bits per heavy atom. The first-order chi connectivity index (χ1) is 13.4. The SMILES string of the molecule is CC(C)Cc1ccc(C(=O)CCC(=O)NCC(=O)NCc2ccccc2)cc1. The molecule has 0 aliphatic heterocycles. The van der Waals surface area contributed by atoms with E-state index in [1.165, 1.54) is 5.56 Å². The minimum atomic E-state index is -0.306. The van der Waals surface area contributed by atoms with Crippen molar-refractivity contribution in [2.24, 2.45) is 5.92 Å². The highest BCUT2D eigenvalue weighted by Crippen LogP contribution is 2.12. The second-order valence-corrected chi connectivity index (χ2v) is 7.26. The second kappa shape index (κ2) is 11.0. The fraction of sp³-hybridized carbons (Fsp3) is 0.348. The van der Waals surface area contributed by atoms with E-state index in [1.54, 1.807) is 0 Å². The number of nitrogens with one attached hydrogen (secondary N) is 2. The number of amides is 2. The summed E-state index contributed by atoms with van der Waals surface area (Å²) in [5, 5.41) is 5.30. The third-order valence-corrected chi connectivity index (χ3v) is 4.28. The fourth-order valence-electron chi connectivity index (χ4n) is 2.80. The van der Waals surface area contributed by atoms with Gasteiger partial charge in [0.25, 0.3) is 0 Å². The van der Waals surface area contributed by atoms with Gasteiger partial charge in [-0.05, 0) is 23.5 Å². The zero-order valence-electron chi connectivity index (χ0n) is 16.5. The van der Waals surface area contributed by atoms with Crippen molar-refractivity contribution in [1.82, 2.24) is 10.6 Å². The van der Waals surface area contributed by atoms with Crippen LogP contribution in [-0.4, -0.2) is 24.1 Å². The van der Waals surface area contributed by atoms with Crippen LogP contribution in [0.2, 0.25) is 0 Å². The van der Waals surface area contributed by atoms with Crippen LogP contribution in [0, 0.1) is 5.92 Å². The Balaban J connectivity index is 1.67. The van der Waals surface area contributed by atoms with Crippen LogP contribution >= 0.6 is 0 Å². The van der Waals surface area contributed by atoms with Gasteiger partial charge in [0.2, 0.25) is 11.8 Å². The summed E-state index contributed by atoms with van der Waals surface area (Å²) >= 11 is 0. The molecule has 5 heteroatoms. The molecule has 0 saturated carbocycles. The first-order valence-corrected chi connectivity index (χ1v) is 9.63. The highest BCUT2D eigenvalue weighted by molar-refractivity contribution is 5.98. The third kappa shape index (κ3) is 7.74. The molecule has 5 nitrogen and oxygen atoms in total. The number of carbonyl (C=O) groups is 3. The molecule has 148 valence electrons. The summed E-state index contributed by atoms with van der Waals surface area (Å²) in [4.78, 5) is 35.9. The largest absolute Gasteiger partial charge is 0.350 e. The zero-order chi connectivity index (χ0) is 20.4. The average molecular weight is 380 g/mol. The van der Waals surface area contributed by atoms with E-state index in [2.05, 4.69) is 24.5 Å². The van der Waals surface area contributed by atoms with Crippen LogP contribution in [0.25, 0.3) is 0 Å². The van der Waals surface area contributed by atoms with Gasteiger partial charge in [0.05, 0.1) is 6.54 Å². The Hall–Kier alpha value is -2.95. The summed E-state index contributed by atoms with van der Waals surface area (Å²) < 4.78 is 0. The van der Waals surface area contributed by atoms with Crippen molar-refractivity contribution in [3.8, 4) is 0 Å². The molecule has 2 amide bonds. The molecule has 0 spiro atoms. The van der Waals surface area contributed by atoms with Crippen LogP contribution in [0.3, 0.4) is 0 Å². The monoisotopic (exact) mass is 380 g/mol. The molecule has 0 aliphatic carbocycles. The summed E-state index contributed by atoms with van der Waals surface area (Å²) in [6.45, 7) is 4.63. The average Bonchev–Trinajstić information content (AvgIpc) is 2.69. The molecule has 0 fully saturated rings. The molecule has 0 unspecified atom stereocenters. The van der Waals surface area contributed by atoms with Crippen molar-refractivity contribution >= 4 is 17.6 Å². The van der Waals surface area contributed by atoms with Crippen LogP contribution in [0.15, 0.2) is 54.6 Å². The van der Waals surface area contributed by atoms with Gasteiger partial charge >= 0.3 is 0 Å². The van der Waals surface area contributed by atoms with E-state index in [0.717, 1.165) is 12.0 Å². The molecule has 0 aliphatic rings. The van der Waals surface area contributed by atoms with Crippen molar-refractivity contribution in [3.05, 3.63) is 71.3 Å². The predicted molar refractivity (Wildman–Crippen MR) is 110 cm³/mol. The first kappa shape index (κ1) is 21.4. The highest BCUT2D eigenvalue weighted by Gasteiger charge is 2.11. The van der Waals surface area contributed by atoms with Gasteiger partial charge in [-0.3, -0.25) is 14.4 Å². The lowest BCUT2D eigenvalue weighted by Crippen LogP contribution is -2.36. The van der Waals surface area contributed by atoms with Gasteiger partial charge in [0.15, 0.2) is 5.78 Å². The lowest BCUT2D eigenvalue weighted by molar-refractivity contribution is -0.126. The van der Waals surface area contributed by atoms with Crippen molar-refractivity contribution in [1.29, 1.82) is 0 Å². The third-order valence-electron chi connectivity index (χ3n) is 4.28. The quantitative estimate of drug-likeness (QED) is 0.621. The van der Waals surface area contributed by atoms with E-state index < -0.39 is 0 Å². The predicted octanol–water partition coefficient (Wildman–Crippen LogP) is 3.28. The van der Waals surface area contributed by atoms with Crippen LogP contribution in [0.5, 0.6) is 0 Å². The molecule has 0 atom stereocenters. The normalized spacial score (nSPS) is 10.5. The lowest BCUT2D eigenvalue weighted by Gasteiger charge is -2.08. The smallest absolute Gasteiger partial charge is 0.239 e. The fourth-order valence-corrected chi connectivity index (χ4v) is 2.80. The van der Waals surface area contributed by atoms with Crippen molar-refractivity contribution in [2.45, 2.75) is 39.7 Å². The van der Waals surface area contributed by atoms with Crippen LogP contribution in [0.1, 0.15) is 48.2 Å². The maximum atomic E-state index is 12.2. The number of hydrogen-bond donors (Lipinski definition) is 2. The molecule has 0 bridgehead atoms. The van der Waals surface area contributed by atoms with Gasteiger partial charge < -0.3 is 10.6 Å². The molecule has 0 aromatic heterocycles. The van der Waals surface area contributed by atoms with E-state index in [1.807, 2.05) is 54.6 Å². The Bertz CT molecular complexity index is 783. The van der Waals surface area contributed by atoms with Crippen molar-refractivity contribution in [3.63, 3.8) is 0 Å². The minimum absolute atomic E-state index is 0.0680. The maximum Gasteiger partial charge on any atom is 0.239 e. The van der Waals surface area contributed by atoms with Gasteiger partial charge in [-0.25, -0.2) is 0 Å². The second-order valence-electron chi connectivity index (χ2n) is 7.26. The molecule has 0 heterocycles. The zero-order valence-corrected chi connectivity index (χ0v) is 16.5. The van der Waals surface area contributed by atoms with Gasteiger partial charge in [-0.2, -0.15) is 0 Å². The maximum absolute atomic E-state index is 12.2. The first-order valence-electron chi connectivity index (χ1n) is 9.63. The summed E-state index contributed by atoms with van der Waals surface area (Å²) in [6.07, 6.45) is 1.17. The number of ketones is 1.